The van der Waals surface area contributed by atoms with E-state index in [1.54, 1.807) is 0 Å². The number of aromatic carboxylic acids is 1. The average molecular weight is 294 g/mol. The van der Waals surface area contributed by atoms with E-state index in [-0.39, 0.29) is 22.7 Å². The van der Waals surface area contributed by atoms with Gasteiger partial charge in [0.05, 0.1) is 17.9 Å². The Bertz CT molecular complexity index is 740. The van der Waals surface area contributed by atoms with E-state index < -0.39 is 17.6 Å². The van der Waals surface area contributed by atoms with Gasteiger partial charge >= 0.3 is 5.97 Å². The molecule has 1 aromatic heterocycles. The summed E-state index contributed by atoms with van der Waals surface area (Å²) in [7, 11) is 1.50. The third kappa shape index (κ3) is 2.14. The molecular weight excluding hydrogens is 282 g/mol. The lowest BCUT2D eigenvalue weighted by atomic mass is 9.99. The normalized spacial score (nSPS) is 13.7. The Kier molecular flexibility index (Phi) is 3.12. The molecule has 0 bridgehead atoms. The molecule has 1 aliphatic rings. The molecule has 5 nitrogen and oxygen atoms in total. The molecule has 110 valence electrons. The number of ether oxygens (including phenoxy) is 1. The molecule has 1 aliphatic heterocycles. The standard InChI is InChI=1S/C14H12F2N2O3/c1-18-11(6-10(17-18)14(19)20)12-9(16)5-8(15)7-3-2-4-21-13(7)12/h5-6H,2-4H2,1H3,(H,19,20). The van der Waals surface area contributed by atoms with Gasteiger partial charge in [-0.05, 0) is 18.9 Å². The Hall–Kier alpha value is -2.44. The van der Waals surface area contributed by atoms with Gasteiger partial charge < -0.3 is 9.84 Å². The third-order valence-electron chi connectivity index (χ3n) is 3.45. The zero-order valence-corrected chi connectivity index (χ0v) is 11.2. The van der Waals surface area contributed by atoms with Crippen molar-refractivity contribution in [2.45, 2.75) is 12.8 Å². The van der Waals surface area contributed by atoms with Crippen LogP contribution in [0.4, 0.5) is 8.78 Å². The fourth-order valence-electron chi connectivity index (χ4n) is 2.50. The van der Waals surface area contributed by atoms with E-state index in [4.69, 9.17) is 9.84 Å². The molecule has 0 fully saturated rings. The summed E-state index contributed by atoms with van der Waals surface area (Å²) in [6, 6.07) is 2.05. The molecule has 0 saturated carbocycles. The van der Waals surface area contributed by atoms with Crippen LogP contribution in [0.1, 0.15) is 22.5 Å². The summed E-state index contributed by atoms with van der Waals surface area (Å²) in [5.41, 5.74) is 0.396. The highest BCUT2D eigenvalue weighted by atomic mass is 19.1. The number of carboxylic acids is 1. The summed E-state index contributed by atoms with van der Waals surface area (Å²) in [6.45, 7) is 0.368. The van der Waals surface area contributed by atoms with Crippen LogP contribution in [0.25, 0.3) is 11.3 Å². The summed E-state index contributed by atoms with van der Waals surface area (Å²) in [6.07, 6.45) is 1.11. The van der Waals surface area contributed by atoms with Gasteiger partial charge in [-0.1, -0.05) is 0 Å². The van der Waals surface area contributed by atoms with Crippen LogP contribution in [0, 0.1) is 11.6 Å². The smallest absolute Gasteiger partial charge is 0.356 e. The van der Waals surface area contributed by atoms with E-state index in [2.05, 4.69) is 5.10 Å². The molecule has 21 heavy (non-hydrogen) atoms. The maximum Gasteiger partial charge on any atom is 0.356 e. The van der Waals surface area contributed by atoms with Gasteiger partial charge in [0.25, 0.3) is 0 Å². The van der Waals surface area contributed by atoms with Crippen LogP contribution in [0.5, 0.6) is 5.75 Å². The van der Waals surface area contributed by atoms with Gasteiger partial charge in [0.15, 0.2) is 5.69 Å². The first kappa shape index (κ1) is 13.5. The molecule has 2 aromatic rings. The first-order valence-electron chi connectivity index (χ1n) is 6.40. The number of hydrogen-bond acceptors (Lipinski definition) is 3. The Morgan fingerprint density at radius 1 is 1.38 bits per heavy atom. The van der Waals surface area contributed by atoms with Crippen molar-refractivity contribution in [3.63, 3.8) is 0 Å². The average Bonchev–Trinajstić information content (AvgIpc) is 2.81. The molecule has 1 N–H and O–H groups in total. The van der Waals surface area contributed by atoms with Crippen molar-refractivity contribution in [3.8, 4) is 17.0 Å². The molecule has 0 radical (unpaired) electrons. The molecule has 0 unspecified atom stereocenters. The van der Waals surface area contributed by atoms with E-state index >= 15 is 0 Å². The predicted octanol–water partition coefficient (Wildman–Crippen LogP) is 2.39. The molecule has 7 heteroatoms. The molecule has 1 aromatic carbocycles. The molecule has 0 aliphatic carbocycles. The molecule has 0 spiro atoms. The number of aromatic nitrogens is 2. The number of rotatable bonds is 2. The molecule has 0 amide bonds. The Labute approximate surface area is 118 Å². The van der Waals surface area contributed by atoms with E-state index in [1.807, 2.05) is 0 Å². The minimum atomic E-state index is -1.21. The van der Waals surface area contributed by atoms with Crippen LogP contribution in [0.15, 0.2) is 12.1 Å². The number of carbonyl (C=O) groups is 1. The number of carboxylic acid groups (broad SMARTS) is 1. The van der Waals surface area contributed by atoms with Crippen molar-refractivity contribution in [3.05, 3.63) is 35.0 Å². The minimum absolute atomic E-state index is 0.0496. The van der Waals surface area contributed by atoms with E-state index in [9.17, 15) is 13.6 Å². The molecular formula is C14H12F2N2O3. The summed E-state index contributed by atoms with van der Waals surface area (Å²) in [5, 5.41) is 12.8. The zero-order valence-electron chi connectivity index (χ0n) is 11.2. The SMILES string of the molecule is Cn1nc(C(=O)O)cc1-c1c(F)cc(F)c2c1OCCC2. The largest absolute Gasteiger partial charge is 0.492 e. The van der Waals surface area contributed by atoms with Crippen molar-refractivity contribution in [1.29, 1.82) is 0 Å². The second kappa shape index (κ2) is 4.83. The second-order valence-electron chi connectivity index (χ2n) is 4.82. The van der Waals surface area contributed by atoms with Gasteiger partial charge in [-0.15, -0.1) is 0 Å². The van der Waals surface area contributed by atoms with Crippen molar-refractivity contribution in [2.75, 3.05) is 6.61 Å². The quantitative estimate of drug-likeness (QED) is 0.923. The van der Waals surface area contributed by atoms with Crippen LogP contribution >= 0.6 is 0 Å². The van der Waals surface area contributed by atoms with Crippen molar-refractivity contribution in [1.82, 2.24) is 9.78 Å². The van der Waals surface area contributed by atoms with Crippen molar-refractivity contribution in [2.24, 2.45) is 7.05 Å². The summed E-state index contributed by atoms with van der Waals surface area (Å²) >= 11 is 0. The lowest BCUT2D eigenvalue weighted by Gasteiger charge is -2.21. The van der Waals surface area contributed by atoms with Crippen molar-refractivity contribution < 1.29 is 23.4 Å². The number of benzene rings is 1. The van der Waals surface area contributed by atoms with E-state index in [0.29, 0.717) is 25.0 Å². The molecule has 0 atom stereocenters. The fourth-order valence-corrected chi connectivity index (χ4v) is 2.50. The van der Waals surface area contributed by atoms with E-state index in [1.165, 1.54) is 17.8 Å². The number of hydrogen-bond donors (Lipinski definition) is 1. The first-order valence-corrected chi connectivity index (χ1v) is 6.40. The lowest BCUT2D eigenvalue weighted by molar-refractivity contribution is 0.0689. The van der Waals surface area contributed by atoms with Crippen LogP contribution in [0.2, 0.25) is 0 Å². The highest BCUT2D eigenvalue weighted by Crippen LogP contribution is 2.39. The highest BCUT2D eigenvalue weighted by Gasteiger charge is 2.26. The number of fused-ring (bicyclic) bond motifs is 1. The fraction of sp³-hybridized carbons (Fsp3) is 0.286. The zero-order chi connectivity index (χ0) is 15.1. The van der Waals surface area contributed by atoms with Gasteiger partial charge in [-0.25, -0.2) is 13.6 Å². The van der Waals surface area contributed by atoms with Gasteiger partial charge in [-0.3, -0.25) is 4.68 Å². The Morgan fingerprint density at radius 2 is 2.14 bits per heavy atom. The predicted molar refractivity (Wildman–Crippen MR) is 69.3 cm³/mol. The topological polar surface area (TPSA) is 64.4 Å². The number of nitrogens with zero attached hydrogens (tertiary/aromatic N) is 2. The maximum atomic E-state index is 14.2. The van der Waals surface area contributed by atoms with Crippen LogP contribution in [0.3, 0.4) is 0 Å². The summed E-state index contributed by atoms with van der Waals surface area (Å²) in [5.74, 6) is -2.52. The summed E-state index contributed by atoms with van der Waals surface area (Å²) < 4.78 is 34.7. The maximum absolute atomic E-state index is 14.2. The highest BCUT2D eigenvalue weighted by molar-refractivity contribution is 5.87. The van der Waals surface area contributed by atoms with E-state index in [0.717, 1.165) is 6.07 Å². The number of halogens is 2. The summed E-state index contributed by atoms with van der Waals surface area (Å²) in [4.78, 5) is 11.0. The van der Waals surface area contributed by atoms with Crippen LogP contribution in [-0.2, 0) is 13.5 Å². The van der Waals surface area contributed by atoms with Gasteiger partial charge in [0.2, 0.25) is 0 Å². The lowest BCUT2D eigenvalue weighted by Crippen LogP contribution is -2.13. The second-order valence-corrected chi connectivity index (χ2v) is 4.82. The van der Waals surface area contributed by atoms with Gasteiger partial charge in [0, 0.05) is 18.7 Å². The number of aryl methyl sites for hydroxylation is 1. The van der Waals surface area contributed by atoms with Crippen molar-refractivity contribution >= 4 is 5.97 Å². The first-order chi connectivity index (χ1) is 9.99. The van der Waals surface area contributed by atoms with Crippen LogP contribution in [-0.4, -0.2) is 27.5 Å². The Morgan fingerprint density at radius 3 is 2.81 bits per heavy atom. The van der Waals surface area contributed by atoms with Gasteiger partial charge in [-0.2, -0.15) is 5.10 Å². The molecule has 3 rings (SSSR count). The Balaban J connectivity index is 2.25. The van der Waals surface area contributed by atoms with Gasteiger partial charge in [0.1, 0.15) is 17.4 Å². The molecule has 2 heterocycles. The monoisotopic (exact) mass is 294 g/mol. The minimum Gasteiger partial charge on any atom is -0.492 e. The third-order valence-corrected chi connectivity index (χ3v) is 3.45. The molecule has 0 saturated heterocycles. The van der Waals surface area contributed by atoms with Crippen LogP contribution < -0.4 is 4.74 Å².